The van der Waals surface area contributed by atoms with Crippen molar-refractivity contribution in [1.29, 1.82) is 0 Å². The molecule has 6 nitrogen and oxygen atoms in total. The molecule has 0 unspecified atom stereocenters. The Balaban J connectivity index is 1.98. The fourth-order valence-electron chi connectivity index (χ4n) is 2.22. The van der Waals surface area contributed by atoms with Gasteiger partial charge < -0.3 is 14.9 Å². The first-order chi connectivity index (χ1) is 12.5. The molecule has 0 amide bonds. The van der Waals surface area contributed by atoms with E-state index in [1.807, 2.05) is 17.5 Å². The first kappa shape index (κ1) is 18.4. The topological polar surface area (TPSA) is 99.0 Å². The van der Waals surface area contributed by atoms with Crippen molar-refractivity contribution in [1.82, 2.24) is 0 Å². The lowest BCUT2D eigenvalue weighted by Crippen LogP contribution is -2.00. The molecule has 1 aromatic heterocycles. The molecule has 0 aliphatic heterocycles. The second-order valence-corrected chi connectivity index (χ2v) is 7.82. The van der Waals surface area contributed by atoms with Crippen LogP contribution in [0.3, 0.4) is 0 Å². The Labute approximate surface area is 165 Å². The molecule has 26 heavy (non-hydrogen) atoms. The van der Waals surface area contributed by atoms with E-state index in [1.54, 1.807) is 24.3 Å². The summed E-state index contributed by atoms with van der Waals surface area (Å²) in [6, 6.07) is 11.8. The molecular weight excluding hydrogens is 440 g/mol. The van der Waals surface area contributed by atoms with Crippen molar-refractivity contribution in [2.75, 3.05) is 4.72 Å². The Bertz CT molecular complexity index is 977. The molecule has 132 valence electrons. The lowest BCUT2D eigenvalue weighted by molar-refractivity contribution is 0.0694. The van der Waals surface area contributed by atoms with Gasteiger partial charge in [-0.3, -0.25) is 0 Å². The van der Waals surface area contributed by atoms with E-state index in [0.29, 0.717) is 10.5 Å². The number of anilines is 1. The zero-order valence-corrected chi connectivity index (χ0v) is 16.2. The van der Waals surface area contributed by atoms with E-state index < -0.39 is 5.97 Å². The summed E-state index contributed by atoms with van der Waals surface area (Å²) in [6.07, 6.45) is 0. The van der Waals surface area contributed by atoms with Gasteiger partial charge in [0, 0.05) is 9.35 Å². The fourth-order valence-corrected chi connectivity index (χ4v) is 4.21. The van der Waals surface area contributed by atoms with Gasteiger partial charge in [0.05, 0.1) is 10.6 Å². The summed E-state index contributed by atoms with van der Waals surface area (Å²) in [5, 5.41) is 24.5. The molecular formula is C17H11BrN2O4S2. The summed E-state index contributed by atoms with van der Waals surface area (Å²) in [5.74, 6) is -1.60. The number of hydrogen-bond acceptors (Lipinski definition) is 7. The Morgan fingerprint density at radius 1 is 1.23 bits per heavy atom. The van der Waals surface area contributed by atoms with Gasteiger partial charge >= 0.3 is 5.97 Å². The minimum Gasteiger partial charge on any atom is -0.505 e. The number of rotatable bonds is 6. The van der Waals surface area contributed by atoms with Gasteiger partial charge in [-0.15, -0.1) is 16.2 Å². The summed E-state index contributed by atoms with van der Waals surface area (Å²) in [5.41, 5.74) is 0.927. The van der Waals surface area contributed by atoms with Crippen LogP contribution in [-0.2, 0) is 0 Å². The van der Waals surface area contributed by atoms with Gasteiger partial charge in [0.15, 0.2) is 5.75 Å². The van der Waals surface area contributed by atoms with E-state index in [9.17, 15) is 19.9 Å². The van der Waals surface area contributed by atoms with E-state index in [1.165, 1.54) is 17.4 Å². The number of phenols is 1. The highest BCUT2D eigenvalue weighted by Gasteiger charge is 2.17. The van der Waals surface area contributed by atoms with Gasteiger partial charge in [-0.2, -0.15) is 0 Å². The maximum atomic E-state index is 11.5. The molecule has 0 aliphatic carbocycles. The van der Waals surface area contributed by atoms with Crippen LogP contribution in [0.1, 0.15) is 10.4 Å². The predicted octanol–water partition coefficient (Wildman–Crippen LogP) is 6.10. The lowest BCUT2D eigenvalue weighted by Gasteiger charge is -2.12. The van der Waals surface area contributed by atoms with Crippen molar-refractivity contribution < 1.29 is 15.0 Å². The van der Waals surface area contributed by atoms with Crippen LogP contribution in [0.15, 0.2) is 62.4 Å². The van der Waals surface area contributed by atoms with Crippen LogP contribution in [0, 0.1) is 4.91 Å². The molecule has 0 fully saturated rings. The maximum Gasteiger partial charge on any atom is 0.339 e. The first-order valence-corrected chi connectivity index (χ1v) is 9.68. The van der Waals surface area contributed by atoms with Crippen molar-refractivity contribution in [3.05, 3.63) is 62.8 Å². The third kappa shape index (κ3) is 3.90. The Kier molecular flexibility index (Phi) is 5.60. The van der Waals surface area contributed by atoms with E-state index in [2.05, 4.69) is 25.8 Å². The molecule has 3 N–H and O–H groups in total. The highest BCUT2D eigenvalue weighted by atomic mass is 79.9. The molecule has 0 bridgehead atoms. The number of carbonyl (C=O) groups is 1. The summed E-state index contributed by atoms with van der Waals surface area (Å²) in [4.78, 5) is 23.8. The zero-order valence-electron chi connectivity index (χ0n) is 13.0. The molecule has 9 heteroatoms. The average molecular weight is 451 g/mol. The minimum atomic E-state index is -1.23. The summed E-state index contributed by atoms with van der Waals surface area (Å²) in [7, 11) is 0. The maximum absolute atomic E-state index is 11.5. The average Bonchev–Trinajstić information content (AvgIpc) is 3.15. The molecule has 0 aliphatic rings. The third-order valence-electron chi connectivity index (χ3n) is 3.44. The lowest BCUT2D eigenvalue weighted by atomic mass is 10.1. The standard InChI is InChI=1S/C17H11BrN2O4S2/c18-10-3-4-12(19-24)15(8-10)26-20-13-7-9(14-2-1-5-25-14)6-11(16(13)21)17(22)23/h1-8,20-21H,(H,22,23). The van der Waals surface area contributed by atoms with Crippen molar-refractivity contribution in [2.45, 2.75) is 4.90 Å². The number of nitrogens with one attached hydrogen (secondary N) is 1. The fraction of sp³-hybridized carbons (Fsp3) is 0. The van der Waals surface area contributed by atoms with Crippen molar-refractivity contribution >= 4 is 56.6 Å². The van der Waals surface area contributed by atoms with Crippen LogP contribution in [0.4, 0.5) is 11.4 Å². The number of thiophene rings is 1. The number of aromatic carboxylic acids is 1. The van der Waals surface area contributed by atoms with Crippen molar-refractivity contribution in [2.24, 2.45) is 5.18 Å². The number of carboxylic acids is 1. The molecule has 1 heterocycles. The summed E-state index contributed by atoms with van der Waals surface area (Å²) < 4.78 is 3.68. The molecule has 0 spiro atoms. The highest BCUT2D eigenvalue weighted by Crippen LogP contribution is 2.39. The molecule has 0 radical (unpaired) electrons. The number of nitroso groups, excluding NO2 is 1. The van der Waals surface area contributed by atoms with E-state index in [4.69, 9.17) is 0 Å². The van der Waals surface area contributed by atoms with Crippen LogP contribution in [0.25, 0.3) is 10.4 Å². The SMILES string of the molecule is O=Nc1ccc(Br)cc1SNc1cc(-c2cccs2)cc(C(=O)O)c1O. The number of halogens is 1. The number of hydrogen-bond donors (Lipinski definition) is 3. The molecule has 0 atom stereocenters. The van der Waals surface area contributed by atoms with Gasteiger partial charge in [0.2, 0.25) is 0 Å². The minimum absolute atomic E-state index is 0.207. The normalized spacial score (nSPS) is 10.5. The van der Waals surface area contributed by atoms with E-state index in [-0.39, 0.29) is 22.7 Å². The van der Waals surface area contributed by atoms with Crippen molar-refractivity contribution in [3.63, 3.8) is 0 Å². The molecule has 0 saturated carbocycles. The molecule has 2 aromatic carbocycles. The summed E-state index contributed by atoms with van der Waals surface area (Å²) >= 11 is 5.84. The Hall–Kier alpha value is -2.36. The highest BCUT2D eigenvalue weighted by molar-refractivity contribution is 9.10. The number of nitrogens with zero attached hydrogens (tertiary/aromatic N) is 1. The first-order valence-electron chi connectivity index (χ1n) is 7.19. The van der Waals surface area contributed by atoms with Crippen LogP contribution in [0.2, 0.25) is 0 Å². The van der Waals surface area contributed by atoms with Gasteiger partial charge in [-0.05, 0) is 64.5 Å². The van der Waals surface area contributed by atoms with Crippen LogP contribution < -0.4 is 4.72 Å². The van der Waals surface area contributed by atoms with E-state index in [0.717, 1.165) is 21.3 Å². The second-order valence-electron chi connectivity index (χ2n) is 5.11. The number of aromatic hydroxyl groups is 1. The quantitative estimate of drug-likeness (QED) is 0.238. The Morgan fingerprint density at radius 3 is 2.69 bits per heavy atom. The largest absolute Gasteiger partial charge is 0.505 e. The van der Waals surface area contributed by atoms with Crippen LogP contribution in [-0.4, -0.2) is 16.2 Å². The number of benzene rings is 2. The van der Waals surface area contributed by atoms with Crippen molar-refractivity contribution in [3.8, 4) is 16.2 Å². The monoisotopic (exact) mass is 450 g/mol. The van der Waals surface area contributed by atoms with E-state index >= 15 is 0 Å². The molecule has 3 rings (SSSR count). The summed E-state index contributed by atoms with van der Waals surface area (Å²) in [6.45, 7) is 0. The number of carboxylic acid groups (broad SMARTS) is 1. The van der Waals surface area contributed by atoms with Gasteiger partial charge in [-0.25, -0.2) is 4.79 Å². The van der Waals surface area contributed by atoms with Gasteiger partial charge in [-0.1, -0.05) is 22.0 Å². The third-order valence-corrected chi connectivity index (χ3v) is 5.72. The Morgan fingerprint density at radius 2 is 2.04 bits per heavy atom. The molecule has 3 aromatic rings. The second kappa shape index (κ2) is 7.90. The zero-order chi connectivity index (χ0) is 18.7. The van der Waals surface area contributed by atoms with Gasteiger partial charge in [0.1, 0.15) is 11.3 Å². The smallest absolute Gasteiger partial charge is 0.339 e. The van der Waals surface area contributed by atoms with Gasteiger partial charge in [0.25, 0.3) is 0 Å². The van der Waals surface area contributed by atoms with Crippen LogP contribution in [0.5, 0.6) is 5.75 Å². The van der Waals surface area contributed by atoms with Crippen LogP contribution >= 0.6 is 39.2 Å². The molecule has 0 saturated heterocycles. The predicted molar refractivity (Wildman–Crippen MR) is 107 cm³/mol.